The zero-order valence-corrected chi connectivity index (χ0v) is 32.0. The molecule has 3 aromatic rings. The number of benzene rings is 3. The van der Waals surface area contributed by atoms with E-state index in [1.807, 2.05) is 58.1 Å². The molecule has 2 atom stereocenters. The van der Waals surface area contributed by atoms with E-state index in [2.05, 4.69) is 20.1 Å². The molecule has 3 amide bonds. The van der Waals surface area contributed by atoms with Crippen LogP contribution in [0.5, 0.6) is 5.75 Å². The van der Waals surface area contributed by atoms with Crippen LogP contribution in [-0.2, 0) is 20.5 Å². The van der Waals surface area contributed by atoms with E-state index in [1.165, 1.54) is 47.9 Å². The van der Waals surface area contributed by atoms with E-state index in [-0.39, 0.29) is 29.9 Å². The van der Waals surface area contributed by atoms with Crippen LogP contribution in [0.2, 0.25) is 13.1 Å². The first-order valence-electron chi connectivity index (χ1n) is 17.6. The van der Waals surface area contributed by atoms with Crippen LogP contribution in [0.1, 0.15) is 91.9 Å². The number of amides is 3. The lowest BCUT2D eigenvalue weighted by Gasteiger charge is -2.34. The molecule has 1 saturated carbocycles. The summed E-state index contributed by atoms with van der Waals surface area (Å²) in [5.41, 5.74) is 2.56. The van der Waals surface area contributed by atoms with Crippen molar-refractivity contribution in [2.45, 2.75) is 97.0 Å². The normalized spacial score (nSPS) is 15.0. The van der Waals surface area contributed by atoms with Crippen LogP contribution >= 0.6 is 0 Å². The fourth-order valence-electron chi connectivity index (χ4n) is 6.28. The Morgan fingerprint density at radius 1 is 0.943 bits per heavy atom. The Morgan fingerprint density at radius 2 is 1.58 bits per heavy atom. The van der Waals surface area contributed by atoms with Crippen LogP contribution in [-0.4, -0.2) is 58.2 Å². The van der Waals surface area contributed by atoms with E-state index in [9.17, 15) is 32.7 Å². The molecule has 1 radical (unpaired) electrons. The Kier molecular flexibility index (Phi) is 14.1. The van der Waals surface area contributed by atoms with Gasteiger partial charge >= 0.3 is 18.4 Å². The number of anilines is 2. The molecule has 1 aliphatic rings. The molecule has 10 nitrogen and oxygen atoms in total. The summed E-state index contributed by atoms with van der Waals surface area (Å²) in [5.74, 6) is -1.34. The Hall–Kier alpha value is -4.40. The summed E-state index contributed by atoms with van der Waals surface area (Å²) in [6.07, 6.45) is -1.40. The highest BCUT2D eigenvalue weighted by molar-refractivity contribution is 6.48. The van der Waals surface area contributed by atoms with Crippen molar-refractivity contribution < 1.29 is 46.6 Å². The highest BCUT2D eigenvalue weighted by Crippen LogP contribution is 2.43. The number of nitrogens with one attached hydrogen (secondary N) is 2. The average Bonchev–Trinajstić information content (AvgIpc) is 3.11. The summed E-state index contributed by atoms with van der Waals surface area (Å²) in [7, 11) is -0.227. The Labute approximate surface area is 310 Å². The van der Waals surface area contributed by atoms with Crippen LogP contribution in [0, 0.1) is 5.41 Å². The van der Waals surface area contributed by atoms with Crippen LogP contribution in [0.15, 0.2) is 66.7 Å². The number of carbonyl (C=O) groups excluding carboxylic acids is 3. The zero-order chi connectivity index (χ0) is 38.9. The molecule has 1 unspecified atom stereocenters. The smallest absolute Gasteiger partial charge is 0.467 e. The number of aliphatic hydroxyl groups is 1. The maximum Gasteiger partial charge on any atom is 0.573 e. The van der Waals surface area contributed by atoms with E-state index >= 15 is 0 Å². The minimum Gasteiger partial charge on any atom is -0.467 e. The number of methoxy groups -OCH3 is 1. The largest absolute Gasteiger partial charge is 0.573 e. The summed E-state index contributed by atoms with van der Waals surface area (Å²) in [4.78, 5) is 39.8. The number of hydrogen-bond acceptors (Lipinski definition) is 7. The number of aliphatic hydroxyl groups excluding tert-OH is 1. The highest BCUT2D eigenvalue weighted by atomic mass is 28.3. The van der Waals surface area contributed by atoms with Crippen molar-refractivity contribution in [2.24, 2.45) is 5.41 Å². The molecule has 0 aliphatic heterocycles. The average molecular weight is 757 g/mol. The third-order valence-electron chi connectivity index (χ3n) is 8.92. The van der Waals surface area contributed by atoms with Crippen LogP contribution in [0.25, 0.3) is 0 Å². The van der Waals surface area contributed by atoms with Gasteiger partial charge in [0.2, 0.25) is 9.04 Å². The summed E-state index contributed by atoms with van der Waals surface area (Å²) < 4.78 is 55.6. The molecule has 287 valence electrons. The summed E-state index contributed by atoms with van der Waals surface area (Å²) in [5, 5.41) is 15.2. The molecule has 0 aromatic heterocycles. The van der Waals surface area contributed by atoms with Crippen molar-refractivity contribution in [2.75, 3.05) is 23.9 Å². The van der Waals surface area contributed by atoms with Gasteiger partial charge in [0.1, 0.15) is 5.75 Å². The van der Waals surface area contributed by atoms with Gasteiger partial charge in [-0.3, -0.25) is 9.69 Å². The molecule has 0 spiro atoms. The van der Waals surface area contributed by atoms with E-state index in [0.717, 1.165) is 20.0 Å². The molecule has 0 saturated heterocycles. The molecular weight excluding hydrogens is 708 g/mol. The lowest BCUT2D eigenvalue weighted by molar-refractivity contribution is -0.275. The molecule has 1 aliphatic carbocycles. The summed E-state index contributed by atoms with van der Waals surface area (Å²) >= 11 is 0. The lowest BCUT2D eigenvalue weighted by Crippen LogP contribution is -2.37. The predicted octanol–water partition coefficient (Wildman–Crippen LogP) is 8.49. The van der Waals surface area contributed by atoms with Gasteiger partial charge in [0.25, 0.3) is 5.91 Å². The topological polar surface area (TPSA) is 126 Å². The van der Waals surface area contributed by atoms with E-state index in [0.29, 0.717) is 17.2 Å². The van der Waals surface area contributed by atoms with Gasteiger partial charge in [-0.2, -0.15) is 0 Å². The van der Waals surface area contributed by atoms with Crippen molar-refractivity contribution in [1.82, 2.24) is 5.32 Å². The van der Waals surface area contributed by atoms with Gasteiger partial charge in [0.15, 0.2) is 6.10 Å². The Morgan fingerprint density at radius 3 is 2.15 bits per heavy atom. The van der Waals surface area contributed by atoms with Crippen molar-refractivity contribution in [3.8, 4) is 5.75 Å². The first-order valence-corrected chi connectivity index (χ1v) is 20.0. The number of esters is 1. The predicted molar refractivity (Wildman–Crippen MR) is 198 cm³/mol. The Balaban J connectivity index is 1.64. The number of ether oxygens (including phenoxy) is 2. The second-order valence-corrected chi connectivity index (χ2v) is 16.5. The maximum atomic E-state index is 14.1. The van der Waals surface area contributed by atoms with Gasteiger partial charge < -0.3 is 29.6 Å². The molecule has 14 heteroatoms. The highest BCUT2D eigenvalue weighted by Gasteiger charge is 2.36. The molecule has 4 rings (SSSR count). The van der Waals surface area contributed by atoms with Crippen LogP contribution < -0.4 is 20.3 Å². The zero-order valence-electron chi connectivity index (χ0n) is 31.0. The second-order valence-electron chi connectivity index (χ2n) is 14.5. The van der Waals surface area contributed by atoms with Crippen molar-refractivity contribution >= 4 is 38.3 Å². The van der Waals surface area contributed by atoms with Gasteiger partial charge in [0.05, 0.1) is 26.3 Å². The summed E-state index contributed by atoms with van der Waals surface area (Å²) in [6, 6.07) is 17.8. The number of urea groups is 1. The molecule has 53 heavy (non-hydrogen) atoms. The van der Waals surface area contributed by atoms with E-state index in [1.54, 1.807) is 24.3 Å². The minimum atomic E-state index is -4.94. The molecule has 0 heterocycles. The molecule has 0 bridgehead atoms. The third-order valence-corrected chi connectivity index (χ3v) is 9.63. The monoisotopic (exact) mass is 756 g/mol. The number of alkyl halides is 3. The lowest BCUT2D eigenvalue weighted by atomic mass is 9.84. The van der Waals surface area contributed by atoms with Gasteiger partial charge in [-0.1, -0.05) is 64.3 Å². The second kappa shape index (κ2) is 18.1. The van der Waals surface area contributed by atoms with Crippen LogP contribution in [0.3, 0.4) is 0 Å². The van der Waals surface area contributed by atoms with Crippen LogP contribution in [0.4, 0.5) is 29.3 Å². The summed E-state index contributed by atoms with van der Waals surface area (Å²) in [6.45, 7) is 9.14. The van der Waals surface area contributed by atoms with Gasteiger partial charge in [-0.05, 0) is 90.9 Å². The maximum absolute atomic E-state index is 14.1. The van der Waals surface area contributed by atoms with E-state index < -0.39 is 56.7 Å². The standard InChI is InChI=1S/C39H49F3N3O7Si/c1-38(2,3)34(52-53(5)6)31-22-29(18-21-33(31)51-39(40,41)42)44-37(49)45(30-19-16-27(17-20-30)26-10-8-7-9-11-26)24-25-12-14-28(15-13-25)35(47)43-23-32(46)36(48)50-4/h12-22,26,32,34,46H,7-11,23-24H2,1-6H3,(H,43,47)(H,44,49)/t32-,34?/m1/s1. The molecule has 3 aromatic carbocycles. The molecule has 1 fully saturated rings. The number of halogens is 3. The van der Waals surface area contributed by atoms with Gasteiger partial charge in [-0.15, -0.1) is 13.2 Å². The minimum absolute atomic E-state index is 0.0882. The number of carbonyl (C=O) groups is 3. The number of nitrogens with zero attached hydrogens (tertiary/aromatic N) is 1. The van der Waals surface area contributed by atoms with Gasteiger partial charge in [0, 0.05) is 22.5 Å². The van der Waals surface area contributed by atoms with Crippen molar-refractivity contribution in [1.29, 1.82) is 0 Å². The fraction of sp³-hybridized carbons (Fsp3) is 0.462. The first kappa shape index (κ1) is 41.4. The van der Waals surface area contributed by atoms with Crippen molar-refractivity contribution in [3.63, 3.8) is 0 Å². The fourth-order valence-corrected chi connectivity index (χ4v) is 7.23. The Bertz CT molecular complexity index is 1690. The quantitative estimate of drug-likeness (QED) is 0.118. The molecular formula is C39H49F3N3O7Si. The third kappa shape index (κ3) is 12.1. The van der Waals surface area contributed by atoms with E-state index in [4.69, 9.17) is 4.43 Å². The number of hydrogen-bond donors (Lipinski definition) is 3. The SMILES string of the molecule is COC(=O)[C@H](O)CNC(=O)c1ccc(CN(C(=O)Nc2ccc(OC(F)(F)F)c(C(O[Si](C)C)C(C)(C)C)c2)c2ccc(C3CCCCC3)cc2)cc1. The molecule has 3 N–H and O–H groups in total. The van der Waals surface area contributed by atoms with Gasteiger partial charge in [-0.25, -0.2) is 9.59 Å². The van der Waals surface area contributed by atoms with Crippen molar-refractivity contribution in [3.05, 3.63) is 89.0 Å². The first-order chi connectivity index (χ1) is 24.9. The number of rotatable bonds is 13.